The van der Waals surface area contributed by atoms with Crippen LogP contribution in [-0.2, 0) is 9.53 Å². The van der Waals surface area contributed by atoms with Crippen LogP contribution in [-0.4, -0.2) is 44.7 Å². The molecule has 5 nitrogen and oxygen atoms in total. The minimum atomic E-state index is -1.38. The lowest BCUT2D eigenvalue weighted by molar-refractivity contribution is -0.151. The van der Waals surface area contributed by atoms with Gasteiger partial charge in [-0.05, 0) is 20.3 Å². The molecule has 0 spiro atoms. The smallest absolute Gasteiger partial charge is 0.334 e. The van der Waals surface area contributed by atoms with E-state index < -0.39 is 41.2 Å². The van der Waals surface area contributed by atoms with Gasteiger partial charge in [0.2, 0.25) is 0 Å². The van der Waals surface area contributed by atoms with E-state index in [0.29, 0.717) is 5.57 Å². The summed E-state index contributed by atoms with van der Waals surface area (Å²) in [6.07, 6.45) is 1.97. The van der Waals surface area contributed by atoms with Crippen molar-refractivity contribution in [3.05, 3.63) is 24.3 Å². The van der Waals surface area contributed by atoms with Crippen molar-refractivity contribution in [2.75, 3.05) is 0 Å². The van der Waals surface area contributed by atoms with Crippen LogP contribution in [0, 0.1) is 17.8 Å². The Bertz CT molecular complexity index is 504. The lowest BCUT2D eigenvalue weighted by Gasteiger charge is -2.39. The van der Waals surface area contributed by atoms with Gasteiger partial charge < -0.3 is 20.1 Å². The molecule has 1 heterocycles. The predicted octanol–water partition coefficient (Wildman–Crippen LogP) is 0.153. The molecule has 0 bridgehead atoms. The maximum atomic E-state index is 11.8. The molecule has 3 aliphatic rings. The normalized spacial score (nSPS) is 54.4. The number of hydrogen-bond acceptors (Lipinski definition) is 5. The van der Waals surface area contributed by atoms with E-state index in [1.165, 1.54) is 0 Å². The molecule has 0 aromatic heterocycles. The van der Waals surface area contributed by atoms with Crippen molar-refractivity contribution in [2.45, 2.75) is 43.7 Å². The average Bonchev–Trinajstić information content (AvgIpc) is 2.77. The first kappa shape index (κ1) is 13.8. The molecule has 0 radical (unpaired) electrons. The first-order chi connectivity index (χ1) is 9.16. The summed E-state index contributed by atoms with van der Waals surface area (Å²) in [6, 6.07) is 0. The van der Waals surface area contributed by atoms with E-state index in [0.717, 1.165) is 0 Å². The Morgan fingerprint density at radius 2 is 2.05 bits per heavy atom. The van der Waals surface area contributed by atoms with Crippen molar-refractivity contribution in [2.24, 2.45) is 17.8 Å². The van der Waals surface area contributed by atoms with Crippen molar-refractivity contribution >= 4 is 5.97 Å². The standard InChI is InChI=1S/C15H20O5/c1-7-8-6-10(16)15(3,19)9-4-5-14(2,18)11(9)12(8)20-13(7)17/h4-5,8-12,16,18-19H,1,6H2,2-3H3/t8-,9+,10+,11-,12-,14+,15-/m0/s1. The minimum Gasteiger partial charge on any atom is -0.458 e. The molecule has 7 atom stereocenters. The fourth-order valence-corrected chi connectivity index (χ4v) is 3.92. The van der Waals surface area contributed by atoms with Crippen LogP contribution in [0.2, 0.25) is 0 Å². The second-order valence-electron chi connectivity index (χ2n) is 6.62. The Balaban J connectivity index is 2.10. The molecular formula is C15H20O5. The molecule has 0 amide bonds. The van der Waals surface area contributed by atoms with E-state index in [-0.39, 0.29) is 12.3 Å². The van der Waals surface area contributed by atoms with Crippen molar-refractivity contribution in [3.63, 3.8) is 0 Å². The number of carbonyl (C=O) groups is 1. The van der Waals surface area contributed by atoms with Gasteiger partial charge in [0.05, 0.1) is 17.3 Å². The van der Waals surface area contributed by atoms with Gasteiger partial charge in [-0.2, -0.15) is 0 Å². The van der Waals surface area contributed by atoms with E-state index in [1.54, 1.807) is 26.0 Å². The van der Waals surface area contributed by atoms with E-state index in [4.69, 9.17) is 4.74 Å². The number of esters is 1. The molecule has 3 N–H and O–H groups in total. The summed E-state index contributed by atoms with van der Waals surface area (Å²) in [5.41, 5.74) is -2.25. The fourth-order valence-electron chi connectivity index (χ4n) is 3.92. The van der Waals surface area contributed by atoms with Gasteiger partial charge >= 0.3 is 5.97 Å². The summed E-state index contributed by atoms with van der Waals surface area (Å²) in [7, 11) is 0. The van der Waals surface area contributed by atoms with Gasteiger partial charge in [0, 0.05) is 23.3 Å². The summed E-state index contributed by atoms with van der Waals surface area (Å²) in [4.78, 5) is 11.8. The zero-order valence-electron chi connectivity index (χ0n) is 11.6. The number of aliphatic hydroxyl groups is 3. The van der Waals surface area contributed by atoms with Gasteiger partial charge in [-0.1, -0.05) is 18.7 Å². The summed E-state index contributed by atoms with van der Waals surface area (Å²) in [5, 5.41) is 31.5. The summed E-state index contributed by atoms with van der Waals surface area (Å²) in [5.74, 6) is -1.80. The Morgan fingerprint density at radius 1 is 1.40 bits per heavy atom. The monoisotopic (exact) mass is 280 g/mol. The zero-order valence-corrected chi connectivity index (χ0v) is 11.6. The lowest BCUT2D eigenvalue weighted by Crippen LogP contribution is -2.50. The highest BCUT2D eigenvalue weighted by atomic mass is 16.6. The molecule has 1 aliphatic heterocycles. The van der Waals surface area contributed by atoms with Crippen molar-refractivity contribution < 1.29 is 24.9 Å². The van der Waals surface area contributed by atoms with Crippen LogP contribution in [0.4, 0.5) is 0 Å². The van der Waals surface area contributed by atoms with Crippen LogP contribution in [0.5, 0.6) is 0 Å². The highest BCUT2D eigenvalue weighted by molar-refractivity contribution is 5.91. The van der Waals surface area contributed by atoms with Crippen molar-refractivity contribution in [1.82, 2.24) is 0 Å². The molecule has 110 valence electrons. The predicted molar refractivity (Wildman–Crippen MR) is 70.5 cm³/mol. The summed E-state index contributed by atoms with van der Waals surface area (Å²) in [6.45, 7) is 6.93. The molecular weight excluding hydrogens is 260 g/mol. The maximum Gasteiger partial charge on any atom is 0.334 e. The Hall–Kier alpha value is -1.17. The highest BCUT2D eigenvalue weighted by Gasteiger charge is 2.61. The number of carbonyl (C=O) groups excluding carboxylic acids is 1. The molecule has 5 heteroatoms. The molecule has 2 fully saturated rings. The third-order valence-corrected chi connectivity index (χ3v) is 5.23. The number of hydrogen-bond donors (Lipinski definition) is 3. The number of fused-ring (bicyclic) bond motifs is 3. The first-order valence-corrected chi connectivity index (χ1v) is 6.88. The van der Waals surface area contributed by atoms with E-state index in [2.05, 4.69) is 6.58 Å². The van der Waals surface area contributed by atoms with Crippen LogP contribution >= 0.6 is 0 Å². The van der Waals surface area contributed by atoms with Gasteiger partial charge in [-0.15, -0.1) is 0 Å². The third kappa shape index (κ3) is 1.63. The second kappa shape index (κ2) is 3.93. The highest BCUT2D eigenvalue weighted by Crippen LogP contribution is 2.52. The van der Waals surface area contributed by atoms with Gasteiger partial charge in [0.15, 0.2) is 0 Å². The quantitative estimate of drug-likeness (QED) is 0.334. The third-order valence-electron chi connectivity index (χ3n) is 5.23. The lowest BCUT2D eigenvalue weighted by atomic mass is 9.73. The van der Waals surface area contributed by atoms with Gasteiger partial charge in [0.25, 0.3) is 0 Å². The number of aliphatic hydroxyl groups excluding tert-OH is 1. The van der Waals surface area contributed by atoms with Crippen LogP contribution in [0.25, 0.3) is 0 Å². The Morgan fingerprint density at radius 3 is 2.70 bits per heavy atom. The number of ether oxygens (including phenoxy) is 1. The number of rotatable bonds is 0. The van der Waals surface area contributed by atoms with Crippen molar-refractivity contribution in [3.8, 4) is 0 Å². The first-order valence-electron chi connectivity index (χ1n) is 6.88. The van der Waals surface area contributed by atoms with Gasteiger partial charge in [0.1, 0.15) is 6.10 Å². The minimum absolute atomic E-state index is 0.208. The molecule has 0 aromatic carbocycles. The van der Waals surface area contributed by atoms with Crippen LogP contribution in [0.1, 0.15) is 20.3 Å². The largest absolute Gasteiger partial charge is 0.458 e. The topological polar surface area (TPSA) is 87.0 Å². The molecule has 2 aliphatic carbocycles. The van der Waals surface area contributed by atoms with E-state index >= 15 is 0 Å². The van der Waals surface area contributed by atoms with Crippen LogP contribution in [0.15, 0.2) is 24.3 Å². The van der Waals surface area contributed by atoms with E-state index in [9.17, 15) is 20.1 Å². The second-order valence-corrected chi connectivity index (χ2v) is 6.62. The Labute approximate surface area is 117 Å². The molecule has 0 unspecified atom stereocenters. The zero-order chi connectivity index (χ0) is 14.9. The molecule has 1 saturated carbocycles. The Kier molecular flexibility index (Phi) is 2.71. The van der Waals surface area contributed by atoms with Crippen LogP contribution in [0.3, 0.4) is 0 Å². The molecule has 1 saturated heterocycles. The average molecular weight is 280 g/mol. The van der Waals surface area contributed by atoms with Crippen molar-refractivity contribution in [1.29, 1.82) is 0 Å². The van der Waals surface area contributed by atoms with Crippen LogP contribution < -0.4 is 0 Å². The SMILES string of the molecule is C=C1C(=O)O[C@@H]2[C@@H]3[C@@H](C=C[C@@]3(C)O)[C@](C)(O)[C@H](O)C[C@@H]12. The maximum absolute atomic E-state index is 11.8. The van der Waals surface area contributed by atoms with Gasteiger partial charge in [-0.3, -0.25) is 0 Å². The van der Waals surface area contributed by atoms with Gasteiger partial charge in [-0.25, -0.2) is 4.79 Å². The fraction of sp³-hybridized carbons (Fsp3) is 0.667. The molecule has 0 aromatic rings. The molecule has 3 rings (SSSR count). The summed E-state index contributed by atoms with van der Waals surface area (Å²) >= 11 is 0. The van der Waals surface area contributed by atoms with E-state index in [1.807, 2.05) is 0 Å². The summed E-state index contributed by atoms with van der Waals surface area (Å²) < 4.78 is 5.39. The molecule has 20 heavy (non-hydrogen) atoms.